The van der Waals surface area contributed by atoms with Crippen molar-refractivity contribution in [1.29, 1.82) is 0 Å². The predicted molar refractivity (Wildman–Crippen MR) is 90.3 cm³/mol. The maximum atomic E-state index is 11.1. The molecule has 0 aliphatic carbocycles. The number of carboxylic acids is 1. The van der Waals surface area contributed by atoms with E-state index in [4.69, 9.17) is 5.11 Å². The predicted octanol–water partition coefficient (Wildman–Crippen LogP) is 3.30. The van der Waals surface area contributed by atoms with Gasteiger partial charge in [-0.25, -0.2) is 9.48 Å². The van der Waals surface area contributed by atoms with E-state index < -0.39 is 5.97 Å². The Balaban J connectivity index is 1.96. The minimum absolute atomic E-state index is 0.256. The Hall–Kier alpha value is -3.08. The van der Waals surface area contributed by atoms with Crippen LogP contribution in [0.2, 0.25) is 0 Å². The fourth-order valence-electron chi connectivity index (χ4n) is 2.35. The van der Waals surface area contributed by atoms with Crippen LogP contribution in [-0.4, -0.2) is 35.0 Å². The van der Waals surface area contributed by atoms with Gasteiger partial charge in [0.25, 0.3) is 0 Å². The molecule has 23 heavy (non-hydrogen) atoms. The molecule has 0 amide bonds. The molecule has 3 rings (SSSR count). The van der Waals surface area contributed by atoms with Gasteiger partial charge in [0, 0.05) is 31.5 Å². The minimum Gasteiger partial charge on any atom is -0.478 e. The lowest BCUT2D eigenvalue weighted by Gasteiger charge is -2.13. The summed E-state index contributed by atoms with van der Waals surface area (Å²) >= 11 is 0. The average Bonchev–Trinajstić information content (AvgIpc) is 3.05. The highest BCUT2D eigenvalue weighted by Crippen LogP contribution is 2.21. The summed E-state index contributed by atoms with van der Waals surface area (Å²) in [4.78, 5) is 13.1. The van der Waals surface area contributed by atoms with Crippen molar-refractivity contribution >= 4 is 11.7 Å². The van der Waals surface area contributed by atoms with Crippen LogP contribution in [0.4, 0.5) is 5.69 Å². The quantitative estimate of drug-likeness (QED) is 0.803. The highest BCUT2D eigenvalue weighted by atomic mass is 16.4. The molecule has 116 valence electrons. The standard InChI is InChI=1S/C18H17N3O2/c1-20(2)15-7-4-8-16(12-15)21-10-9-17(19-21)13-5-3-6-14(11-13)18(22)23/h3-12H,1-2H3,(H,22,23). The van der Waals surface area contributed by atoms with Gasteiger partial charge in [0.1, 0.15) is 0 Å². The Kier molecular flexibility index (Phi) is 3.85. The largest absolute Gasteiger partial charge is 0.478 e. The average molecular weight is 307 g/mol. The summed E-state index contributed by atoms with van der Waals surface area (Å²) in [6.45, 7) is 0. The summed E-state index contributed by atoms with van der Waals surface area (Å²) in [5.74, 6) is -0.940. The van der Waals surface area contributed by atoms with Crippen LogP contribution in [0.25, 0.3) is 16.9 Å². The van der Waals surface area contributed by atoms with Gasteiger partial charge in [0.15, 0.2) is 0 Å². The first-order chi connectivity index (χ1) is 11.0. The van der Waals surface area contributed by atoms with Crippen molar-refractivity contribution in [3.63, 3.8) is 0 Å². The van der Waals surface area contributed by atoms with Crippen LogP contribution in [0, 0.1) is 0 Å². The Morgan fingerprint density at radius 3 is 2.61 bits per heavy atom. The molecule has 0 saturated carbocycles. The number of hydrogen-bond donors (Lipinski definition) is 1. The van der Waals surface area contributed by atoms with E-state index in [1.165, 1.54) is 0 Å². The number of carboxylic acid groups (broad SMARTS) is 1. The smallest absolute Gasteiger partial charge is 0.335 e. The molecule has 0 saturated heterocycles. The molecular formula is C18H17N3O2. The summed E-state index contributed by atoms with van der Waals surface area (Å²) < 4.78 is 1.79. The third-order valence-corrected chi connectivity index (χ3v) is 3.61. The number of nitrogens with zero attached hydrogens (tertiary/aromatic N) is 3. The summed E-state index contributed by atoms with van der Waals surface area (Å²) in [7, 11) is 3.98. The Bertz CT molecular complexity index is 853. The summed E-state index contributed by atoms with van der Waals surface area (Å²) in [6, 6.07) is 16.7. The molecule has 1 N–H and O–H groups in total. The Labute approximate surface area is 134 Å². The van der Waals surface area contributed by atoms with Crippen molar-refractivity contribution in [2.45, 2.75) is 0 Å². The van der Waals surface area contributed by atoms with Crippen molar-refractivity contribution in [2.75, 3.05) is 19.0 Å². The van der Waals surface area contributed by atoms with Gasteiger partial charge in [0.05, 0.1) is 16.9 Å². The van der Waals surface area contributed by atoms with Crippen molar-refractivity contribution < 1.29 is 9.90 Å². The van der Waals surface area contributed by atoms with Crippen molar-refractivity contribution in [3.8, 4) is 16.9 Å². The molecule has 2 aromatic carbocycles. The molecule has 0 fully saturated rings. The third-order valence-electron chi connectivity index (χ3n) is 3.61. The molecule has 0 spiro atoms. The monoisotopic (exact) mass is 307 g/mol. The first-order valence-corrected chi connectivity index (χ1v) is 7.22. The van der Waals surface area contributed by atoms with Gasteiger partial charge in [-0.05, 0) is 36.4 Å². The van der Waals surface area contributed by atoms with E-state index in [-0.39, 0.29) is 5.56 Å². The summed E-state index contributed by atoms with van der Waals surface area (Å²) in [5.41, 5.74) is 3.83. The molecule has 5 nitrogen and oxygen atoms in total. The van der Waals surface area contributed by atoms with Gasteiger partial charge >= 0.3 is 5.97 Å². The minimum atomic E-state index is -0.940. The first kappa shape index (κ1) is 14.8. The molecule has 0 unspecified atom stereocenters. The van der Waals surface area contributed by atoms with Crippen LogP contribution in [0.5, 0.6) is 0 Å². The maximum absolute atomic E-state index is 11.1. The second-order valence-electron chi connectivity index (χ2n) is 5.45. The van der Waals surface area contributed by atoms with Crippen LogP contribution >= 0.6 is 0 Å². The number of aromatic carboxylic acids is 1. The molecule has 0 aliphatic rings. The topological polar surface area (TPSA) is 58.4 Å². The molecule has 0 bridgehead atoms. The summed E-state index contributed by atoms with van der Waals surface area (Å²) in [6.07, 6.45) is 1.87. The van der Waals surface area contributed by atoms with Gasteiger partial charge in [-0.15, -0.1) is 0 Å². The number of aromatic nitrogens is 2. The fraction of sp³-hybridized carbons (Fsp3) is 0.111. The molecule has 0 radical (unpaired) electrons. The normalized spacial score (nSPS) is 10.5. The third kappa shape index (κ3) is 3.08. The Morgan fingerprint density at radius 1 is 1.09 bits per heavy atom. The van der Waals surface area contributed by atoms with Gasteiger partial charge < -0.3 is 10.0 Å². The zero-order valence-corrected chi connectivity index (χ0v) is 13.0. The van der Waals surface area contributed by atoms with Crippen molar-refractivity contribution in [3.05, 3.63) is 66.4 Å². The number of benzene rings is 2. The van der Waals surface area contributed by atoms with E-state index in [0.29, 0.717) is 0 Å². The maximum Gasteiger partial charge on any atom is 0.335 e. The molecule has 1 aromatic heterocycles. The molecule has 5 heteroatoms. The van der Waals surface area contributed by atoms with Crippen molar-refractivity contribution in [2.24, 2.45) is 0 Å². The number of carbonyl (C=O) groups is 1. The lowest BCUT2D eigenvalue weighted by atomic mass is 10.1. The number of rotatable bonds is 4. The van der Waals surface area contributed by atoms with Gasteiger partial charge in [0.2, 0.25) is 0 Å². The molecular weight excluding hydrogens is 290 g/mol. The molecule has 3 aromatic rings. The van der Waals surface area contributed by atoms with E-state index in [2.05, 4.69) is 5.10 Å². The number of hydrogen-bond acceptors (Lipinski definition) is 3. The molecule has 0 aliphatic heterocycles. The summed E-state index contributed by atoms with van der Waals surface area (Å²) in [5, 5.41) is 13.6. The van der Waals surface area contributed by atoms with E-state index in [1.54, 1.807) is 22.9 Å². The molecule has 0 atom stereocenters. The van der Waals surface area contributed by atoms with E-state index in [1.807, 2.05) is 61.6 Å². The zero-order chi connectivity index (χ0) is 16.4. The number of anilines is 1. The SMILES string of the molecule is CN(C)c1cccc(-n2ccc(-c3cccc(C(=O)O)c3)n2)c1. The first-order valence-electron chi connectivity index (χ1n) is 7.22. The van der Waals surface area contributed by atoms with E-state index >= 15 is 0 Å². The lowest BCUT2D eigenvalue weighted by Crippen LogP contribution is -2.09. The van der Waals surface area contributed by atoms with Gasteiger partial charge in [-0.3, -0.25) is 0 Å². The van der Waals surface area contributed by atoms with Crippen LogP contribution < -0.4 is 4.90 Å². The molecule has 1 heterocycles. The van der Waals surface area contributed by atoms with Crippen molar-refractivity contribution in [1.82, 2.24) is 9.78 Å². The van der Waals surface area contributed by atoms with Gasteiger partial charge in [-0.1, -0.05) is 18.2 Å². The van der Waals surface area contributed by atoms with Gasteiger partial charge in [-0.2, -0.15) is 5.10 Å². The Morgan fingerprint density at radius 2 is 1.87 bits per heavy atom. The highest BCUT2D eigenvalue weighted by Gasteiger charge is 2.08. The lowest BCUT2D eigenvalue weighted by molar-refractivity contribution is 0.0697. The van der Waals surface area contributed by atoms with Crippen LogP contribution in [0.1, 0.15) is 10.4 Å². The second kappa shape index (κ2) is 5.96. The second-order valence-corrected chi connectivity index (χ2v) is 5.45. The van der Waals surface area contributed by atoms with E-state index in [9.17, 15) is 4.79 Å². The van der Waals surface area contributed by atoms with Crippen LogP contribution in [-0.2, 0) is 0 Å². The highest BCUT2D eigenvalue weighted by molar-refractivity contribution is 5.89. The van der Waals surface area contributed by atoms with Crippen LogP contribution in [0.3, 0.4) is 0 Å². The fourth-order valence-corrected chi connectivity index (χ4v) is 2.35. The van der Waals surface area contributed by atoms with E-state index in [0.717, 1.165) is 22.6 Å². The van der Waals surface area contributed by atoms with Crippen LogP contribution in [0.15, 0.2) is 60.8 Å². The zero-order valence-electron chi connectivity index (χ0n) is 13.0.